The van der Waals surface area contributed by atoms with Gasteiger partial charge in [-0.3, -0.25) is 4.90 Å². The lowest BCUT2D eigenvalue weighted by Crippen LogP contribution is -2.48. The third-order valence-electron chi connectivity index (χ3n) is 4.13. The monoisotopic (exact) mass is 428 g/mol. The van der Waals surface area contributed by atoms with E-state index in [1.165, 1.54) is 0 Å². The summed E-state index contributed by atoms with van der Waals surface area (Å²) < 4.78 is 27.8. The molecule has 0 radical (unpaired) electrons. The van der Waals surface area contributed by atoms with Crippen LogP contribution in [-0.4, -0.2) is 43.8 Å². The molecule has 0 atom stereocenters. The van der Waals surface area contributed by atoms with Crippen LogP contribution in [-0.2, 0) is 16.6 Å². The van der Waals surface area contributed by atoms with E-state index < -0.39 is 10.0 Å². The Morgan fingerprint density at radius 3 is 2.21 bits per heavy atom. The van der Waals surface area contributed by atoms with Crippen LogP contribution >= 0.6 is 27.5 Å². The van der Waals surface area contributed by atoms with Gasteiger partial charge < -0.3 is 0 Å². The van der Waals surface area contributed by atoms with Gasteiger partial charge in [0.25, 0.3) is 0 Å². The summed E-state index contributed by atoms with van der Waals surface area (Å²) in [7, 11) is -3.42. The lowest BCUT2D eigenvalue weighted by atomic mass is 10.2. The average Bonchev–Trinajstić information content (AvgIpc) is 2.58. The van der Waals surface area contributed by atoms with E-state index in [1.54, 1.807) is 28.6 Å². The molecule has 2 aromatic rings. The summed E-state index contributed by atoms with van der Waals surface area (Å²) in [5.74, 6) is 0. The van der Waals surface area contributed by atoms with Crippen LogP contribution in [0.15, 0.2) is 57.9 Å². The Morgan fingerprint density at radius 1 is 0.958 bits per heavy atom. The second-order valence-electron chi connectivity index (χ2n) is 5.73. The minimum absolute atomic E-state index is 0.338. The summed E-state index contributed by atoms with van der Waals surface area (Å²) in [4.78, 5) is 2.57. The summed E-state index contributed by atoms with van der Waals surface area (Å²) in [6.45, 7) is 3.11. The number of piperazine rings is 1. The number of hydrogen-bond donors (Lipinski definition) is 0. The number of benzene rings is 2. The van der Waals surface area contributed by atoms with Crippen LogP contribution < -0.4 is 0 Å². The molecule has 0 amide bonds. The second-order valence-corrected chi connectivity index (χ2v) is 8.99. The Balaban J connectivity index is 1.64. The molecule has 0 N–H and O–H groups in total. The fourth-order valence-corrected chi connectivity index (χ4v) is 4.63. The van der Waals surface area contributed by atoms with Crippen molar-refractivity contribution in [3.63, 3.8) is 0 Å². The Morgan fingerprint density at radius 2 is 1.58 bits per heavy atom. The molecule has 0 aromatic heterocycles. The molecule has 0 aliphatic carbocycles. The van der Waals surface area contributed by atoms with Gasteiger partial charge in [-0.15, -0.1) is 0 Å². The Hall–Kier alpha value is -0.920. The van der Waals surface area contributed by atoms with Gasteiger partial charge in [-0.1, -0.05) is 45.7 Å². The van der Waals surface area contributed by atoms with E-state index in [4.69, 9.17) is 11.6 Å². The molecule has 1 fully saturated rings. The zero-order chi connectivity index (χ0) is 17.2. The largest absolute Gasteiger partial charge is 0.296 e. The van der Waals surface area contributed by atoms with E-state index in [0.717, 1.165) is 21.6 Å². The predicted molar refractivity (Wildman–Crippen MR) is 99.6 cm³/mol. The number of hydrogen-bond acceptors (Lipinski definition) is 3. The van der Waals surface area contributed by atoms with Crippen molar-refractivity contribution >= 4 is 37.6 Å². The van der Waals surface area contributed by atoms with E-state index in [-0.39, 0.29) is 0 Å². The molecule has 3 rings (SSSR count). The second kappa shape index (κ2) is 7.54. The third kappa shape index (κ3) is 4.00. The molecular formula is C17H18BrClN2O2S. The van der Waals surface area contributed by atoms with Gasteiger partial charge in [-0.05, 0) is 35.9 Å². The van der Waals surface area contributed by atoms with Crippen molar-refractivity contribution in [2.45, 2.75) is 11.4 Å². The standard InChI is InChI=1S/C17H18BrClN2O2S/c18-15-5-7-16(8-6-15)24(22,23)21-11-9-20(10-12-21)13-14-3-1-2-4-17(14)19/h1-8H,9-13H2. The first-order valence-electron chi connectivity index (χ1n) is 7.68. The molecule has 7 heteroatoms. The highest BCUT2D eigenvalue weighted by atomic mass is 79.9. The topological polar surface area (TPSA) is 40.6 Å². The molecule has 1 aliphatic rings. The van der Waals surface area contributed by atoms with Crippen LogP contribution in [0.1, 0.15) is 5.56 Å². The van der Waals surface area contributed by atoms with Gasteiger partial charge in [-0.25, -0.2) is 8.42 Å². The quantitative estimate of drug-likeness (QED) is 0.745. The van der Waals surface area contributed by atoms with Crippen LogP contribution in [0.5, 0.6) is 0 Å². The molecule has 128 valence electrons. The first-order chi connectivity index (χ1) is 11.5. The highest BCUT2D eigenvalue weighted by Gasteiger charge is 2.28. The van der Waals surface area contributed by atoms with Crippen LogP contribution in [0, 0.1) is 0 Å². The lowest BCUT2D eigenvalue weighted by molar-refractivity contribution is 0.181. The van der Waals surface area contributed by atoms with E-state index >= 15 is 0 Å². The van der Waals surface area contributed by atoms with Gasteiger partial charge in [0.05, 0.1) is 4.90 Å². The van der Waals surface area contributed by atoms with E-state index in [0.29, 0.717) is 31.1 Å². The van der Waals surface area contributed by atoms with Crippen molar-refractivity contribution in [2.75, 3.05) is 26.2 Å². The first-order valence-corrected chi connectivity index (χ1v) is 10.3. The normalized spacial score (nSPS) is 17.1. The van der Waals surface area contributed by atoms with Crippen molar-refractivity contribution in [2.24, 2.45) is 0 Å². The molecule has 1 saturated heterocycles. The highest BCUT2D eigenvalue weighted by molar-refractivity contribution is 9.10. The van der Waals surface area contributed by atoms with Crippen molar-refractivity contribution in [1.82, 2.24) is 9.21 Å². The average molecular weight is 430 g/mol. The van der Waals surface area contributed by atoms with Gasteiger partial charge in [0.15, 0.2) is 0 Å². The predicted octanol–water partition coefficient (Wildman–Crippen LogP) is 3.61. The summed E-state index contributed by atoms with van der Waals surface area (Å²) in [6.07, 6.45) is 0. The maximum atomic E-state index is 12.7. The Labute approximate surface area is 156 Å². The van der Waals surface area contributed by atoms with Crippen LogP contribution in [0.4, 0.5) is 0 Å². The van der Waals surface area contributed by atoms with Gasteiger partial charge in [-0.2, -0.15) is 4.31 Å². The number of rotatable bonds is 4. The molecule has 1 aliphatic heterocycles. The molecule has 4 nitrogen and oxygen atoms in total. The Kier molecular flexibility index (Phi) is 5.62. The van der Waals surface area contributed by atoms with Gasteiger partial charge in [0.2, 0.25) is 10.0 Å². The molecule has 0 saturated carbocycles. The van der Waals surface area contributed by atoms with E-state index in [2.05, 4.69) is 20.8 Å². The zero-order valence-electron chi connectivity index (χ0n) is 13.0. The smallest absolute Gasteiger partial charge is 0.243 e. The minimum Gasteiger partial charge on any atom is -0.296 e. The summed E-state index contributed by atoms with van der Waals surface area (Å²) >= 11 is 9.53. The van der Waals surface area contributed by atoms with Crippen molar-refractivity contribution in [3.8, 4) is 0 Å². The number of sulfonamides is 1. The summed E-state index contributed by atoms with van der Waals surface area (Å²) in [6, 6.07) is 14.5. The fourth-order valence-electron chi connectivity index (χ4n) is 2.75. The summed E-state index contributed by atoms with van der Waals surface area (Å²) in [5, 5.41) is 0.752. The number of nitrogens with zero attached hydrogens (tertiary/aromatic N) is 2. The SMILES string of the molecule is O=S(=O)(c1ccc(Br)cc1)N1CCN(Cc2ccccc2Cl)CC1. The van der Waals surface area contributed by atoms with Gasteiger partial charge in [0.1, 0.15) is 0 Å². The fraction of sp³-hybridized carbons (Fsp3) is 0.294. The van der Waals surface area contributed by atoms with Crippen LogP contribution in [0.2, 0.25) is 5.02 Å². The van der Waals surface area contributed by atoms with Crippen LogP contribution in [0.3, 0.4) is 0 Å². The van der Waals surface area contributed by atoms with Gasteiger partial charge >= 0.3 is 0 Å². The summed E-state index contributed by atoms with van der Waals surface area (Å²) in [5.41, 5.74) is 1.07. The third-order valence-corrected chi connectivity index (χ3v) is 6.94. The molecule has 1 heterocycles. The highest BCUT2D eigenvalue weighted by Crippen LogP contribution is 2.22. The van der Waals surface area contributed by atoms with Gasteiger partial charge in [0, 0.05) is 42.2 Å². The van der Waals surface area contributed by atoms with Crippen molar-refractivity contribution < 1.29 is 8.42 Å². The van der Waals surface area contributed by atoms with E-state index in [1.807, 2.05) is 24.3 Å². The molecule has 24 heavy (non-hydrogen) atoms. The maximum absolute atomic E-state index is 12.7. The molecule has 0 unspecified atom stereocenters. The molecular weight excluding hydrogens is 412 g/mol. The molecule has 0 spiro atoms. The first kappa shape index (κ1) is 17.9. The Bertz CT molecular complexity index is 804. The number of halogens is 2. The van der Waals surface area contributed by atoms with Crippen molar-refractivity contribution in [1.29, 1.82) is 0 Å². The van der Waals surface area contributed by atoms with E-state index in [9.17, 15) is 8.42 Å². The molecule has 2 aromatic carbocycles. The minimum atomic E-state index is -3.42. The lowest BCUT2D eigenvalue weighted by Gasteiger charge is -2.34. The van der Waals surface area contributed by atoms with Crippen LogP contribution in [0.25, 0.3) is 0 Å². The van der Waals surface area contributed by atoms with Crippen molar-refractivity contribution in [3.05, 3.63) is 63.6 Å². The molecule has 0 bridgehead atoms. The maximum Gasteiger partial charge on any atom is 0.243 e. The zero-order valence-corrected chi connectivity index (χ0v) is 16.2.